The minimum atomic E-state index is -4.36. The van der Waals surface area contributed by atoms with Crippen LogP contribution in [0.5, 0.6) is 0 Å². The summed E-state index contributed by atoms with van der Waals surface area (Å²) in [5.41, 5.74) is 3.73. The zero-order valence-electron chi connectivity index (χ0n) is 17.5. The van der Waals surface area contributed by atoms with Gasteiger partial charge in [-0.3, -0.25) is 4.55 Å². The zero-order chi connectivity index (χ0) is 21.0. The minimum absolute atomic E-state index is 0.0673. The highest BCUT2D eigenvalue weighted by molar-refractivity contribution is 7.86. The van der Waals surface area contributed by atoms with Crippen LogP contribution in [-0.4, -0.2) is 13.0 Å². The van der Waals surface area contributed by atoms with E-state index in [0.29, 0.717) is 17.7 Å². The molecule has 3 rings (SSSR count). The molecular formula is C25H30O3S. The van der Waals surface area contributed by atoms with E-state index in [2.05, 4.69) is 19.9 Å². The largest absolute Gasteiger partial charge is 0.295 e. The first kappa shape index (κ1) is 21.5. The Labute approximate surface area is 174 Å². The molecule has 1 N–H and O–H groups in total. The summed E-state index contributed by atoms with van der Waals surface area (Å²) < 4.78 is 35.1. The third kappa shape index (κ3) is 5.06. The molecule has 0 saturated heterocycles. The molecule has 0 aliphatic rings. The van der Waals surface area contributed by atoms with Crippen LogP contribution in [0, 0.1) is 12.8 Å². The number of fused-ring (bicyclic) bond motifs is 1. The second-order valence-electron chi connectivity index (χ2n) is 8.24. The first-order valence-corrected chi connectivity index (χ1v) is 11.8. The molecule has 0 spiro atoms. The molecule has 3 aromatic rings. The summed E-state index contributed by atoms with van der Waals surface area (Å²) in [5, 5.41) is 1.41. The maximum absolute atomic E-state index is 12.5. The van der Waals surface area contributed by atoms with Gasteiger partial charge in [0, 0.05) is 5.39 Å². The van der Waals surface area contributed by atoms with Crippen LogP contribution in [0.15, 0.2) is 59.5 Å². The molecule has 0 heterocycles. The van der Waals surface area contributed by atoms with Gasteiger partial charge >= 0.3 is 0 Å². The second kappa shape index (κ2) is 9.10. The Hall–Kier alpha value is -2.17. The molecule has 0 unspecified atom stereocenters. The van der Waals surface area contributed by atoms with Gasteiger partial charge in [-0.2, -0.15) is 8.42 Å². The Morgan fingerprint density at radius 1 is 0.897 bits per heavy atom. The summed E-state index contributed by atoms with van der Waals surface area (Å²) in [5.74, 6) is 0.673. The lowest BCUT2D eigenvalue weighted by Crippen LogP contribution is -2.07. The average molecular weight is 411 g/mol. The summed E-state index contributed by atoms with van der Waals surface area (Å²) in [6, 6.07) is 17.5. The molecule has 0 bridgehead atoms. The normalized spacial score (nSPS) is 12.0. The first-order valence-electron chi connectivity index (χ1n) is 10.4. The molecule has 154 valence electrons. The Balaban J connectivity index is 2.16. The molecule has 29 heavy (non-hydrogen) atoms. The number of hydrogen-bond donors (Lipinski definition) is 1. The molecule has 3 nitrogen and oxygen atoms in total. The maximum atomic E-state index is 12.5. The van der Waals surface area contributed by atoms with Gasteiger partial charge in [0.25, 0.3) is 10.1 Å². The second-order valence-corrected chi connectivity index (χ2v) is 9.59. The van der Waals surface area contributed by atoms with Crippen LogP contribution >= 0.6 is 0 Å². The third-order valence-electron chi connectivity index (χ3n) is 5.51. The molecule has 0 atom stereocenters. The summed E-state index contributed by atoms with van der Waals surface area (Å²) in [6.45, 7) is 6.47. The van der Waals surface area contributed by atoms with Crippen molar-refractivity contribution in [1.29, 1.82) is 0 Å². The van der Waals surface area contributed by atoms with E-state index in [1.807, 2.05) is 49.4 Å². The quantitative estimate of drug-likeness (QED) is 0.327. The van der Waals surface area contributed by atoms with Crippen molar-refractivity contribution in [3.05, 3.63) is 65.7 Å². The van der Waals surface area contributed by atoms with Crippen LogP contribution in [0.25, 0.3) is 21.9 Å². The molecule has 0 amide bonds. The van der Waals surface area contributed by atoms with Crippen molar-refractivity contribution in [2.75, 3.05) is 0 Å². The fourth-order valence-electron chi connectivity index (χ4n) is 4.05. The minimum Gasteiger partial charge on any atom is -0.282 e. The fraction of sp³-hybridized carbons (Fsp3) is 0.360. The van der Waals surface area contributed by atoms with Gasteiger partial charge in [0.1, 0.15) is 4.90 Å². The van der Waals surface area contributed by atoms with E-state index < -0.39 is 10.1 Å². The van der Waals surface area contributed by atoms with Gasteiger partial charge in [0.05, 0.1) is 0 Å². The highest BCUT2D eigenvalue weighted by Crippen LogP contribution is 2.37. The Morgan fingerprint density at radius 3 is 2.28 bits per heavy atom. The van der Waals surface area contributed by atoms with E-state index in [1.54, 1.807) is 6.07 Å². The van der Waals surface area contributed by atoms with Crippen molar-refractivity contribution in [3.8, 4) is 11.1 Å². The number of benzene rings is 3. The Bertz CT molecular complexity index is 1100. The summed E-state index contributed by atoms with van der Waals surface area (Å²) in [7, 11) is -4.36. The van der Waals surface area contributed by atoms with E-state index in [4.69, 9.17) is 0 Å². The van der Waals surface area contributed by atoms with Gasteiger partial charge in [0.2, 0.25) is 0 Å². The SMILES string of the molecule is Cc1ccccc1-c1cc2ccccc2c(S(=O)(=O)O)c1CCCCCC(C)C. The lowest BCUT2D eigenvalue weighted by atomic mass is 9.90. The average Bonchev–Trinajstić information content (AvgIpc) is 2.66. The fourth-order valence-corrected chi connectivity index (χ4v) is 5.03. The molecule has 0 aromatic heterocycles. The van der Waals surface area contributed by atoms with Crippen LogP contribution in [-0.2, 0) is 16.5 Å². The monoisotopic (exact) mass is 410 g/mol. The number of aryl methyl sites for hydroxylation is 1. The van der Waals surface area contributed by atoms with Crippen LogP contribution in [0.3, 0.4) is 0 Å². The van der Waals surface area contributed by atoms with Gasteiger partial charge in [0.15, 0.2) is 0 Å². The smallest absolute Gasteiger partial charge is 0.282 e. The van der Waals surface area contributed by atoms with Crippen molar-refractivity contribution in [2.45, 2.75) is 57.8 Å². The predicted octanol–water partition coefficient (Wildman–Crippen LogP) is 6.82. The van der Waals surface area contributed by atoms with Gasteiger partial charge in [-0.05, 0) is 59.4 Å². The van der Waals surface area contributed by atoms with Crippen LogP contribution in [0.2, 0.25) is 0 Å². The standard InChI is InChI=1S/C25H30O3S/c1-18(2)11-5-4-6-16-23-24(21-14-9-7-12-19(21)3)17-20-13-8-10-15-22(20)25(23)29(26,27)28/h7-10,12-15,17-18H,4-6,11,16H2,1-3H3,(H,26,27,28). The molecule has 0 aliphatic heterocycles. The number of rotatable bonds is 8. The Kier molecular flexibility index (Phi) is 6.76. The number of hydrogen-bond acceptors (Lipinski definition) is 2. The van der Waals surface area contributed by atoms with E-state index in [0.717, 1.165) is 46.9 Å². The molecule has 0 aliphatic carbocycles. The van der Waals surface area contributed by atoms with Crippen LogP contribution in [0.4, 0.5) is 0 Å². The molecule has 3 aromatic carbocycles. The molecule has 0 radical (unpaired) electrons. The number of unbranched alkanes of at least 4 members (excludes halogenated alkanes) is 2. The predicted molar refractivity (Wildman–Crippen MR) is 121 cm³/mol. The lowest BCUT2D eigenvalue weighted by Gasteiger charge is -2.18. The van der Waals surface area contributed by atoms with Crippen LogP contribution < -0.4 is 0 Å². The van der Waals surface area contributed by atoms with E-state index >= 15 is 0 Å². The molecule has 4 heteroatoms. The van der Waals surface area contributed by atoms with Gasteiger partial charge in [-0.1, -0.05) is 81.6 Å². The molecular weight excluding hydrogens is 380 g/mol. The zero-order valence-corrected chi connectivity index (χ0v) is 18.3. The summed E-state index contributed by atoms with van der Waals surface area (Å²) in [6.07, 6.45) is 4.87. The Morgan fingerprint density at radius 2 is 1.59 bits per heavy atom. The van der Waals surface area contributed by atoms with Crippen molar-refractivity contribution in [2.24, 2.45) is 5.92 Å². The first-order chi connectivity index (χ1) is 13.8. The molecule has 0 fully saturated rings. The lowest BCUT2D eigenvalue weighted by molar-refractivity contribution is 0.482. The maximum Gasteiger partial charge on any atom is 0.295 e. The summed E-state index contributed by atoms with van der Waals surface area (Å²) >= 11 is 0. The van der Waals surface area contributed by atoms with Gasteiger partial charge < -0.3 is 0 Å². The van der Waals surface area contributed by atoms with Gasteiger partial charge in [-0.25, -0.2) is 0 Å². The van der Waals surface area contributed by atoms with Gasteiger partial charge in [-0.15, -0.1) is 0 Å². The van der Waals surface area contributed by atoms with Crippen molar-refractivity contribution >= 4 is 20.9 Å². The van der Waals surface area contributed by atoms with Crippen LogP contribution in [0.1, 0.15) is 50.7 Å². The summed E-state index contributed by atoms with van der Waals surface area (Å²) in [4.78, 5) is 0.0673. The van der Waals surface area contributed by atoms with Crippen molar-refractivity contribution in [1.82, 2.24) is 0 Å². The third-order valence-corrected chi connectivity index (χ3v) is 6.49. The van der Waals surface area contributed by atoms with E-state index in [1.165, 1.54) is 6.42 Å². The highest BCUT2D eigenvalue weighted by Gasteiger charge is 2.23. The van der Waals surface area contributed by atoms with Crippen molar-refractivity contribution in [3.63, 3.8) is 0 Å². The molecule has 0 saturated carbocycles. The highest BCUT2D eigenvalue weighted by atomic mass is 32.2. The van der Waals surface area contributed by atoms with E-state index in [-0.39, 0.29) is 4.90 Å². The van der Waals surface area contributed by atoms with Crippen molar-refractivity contribution < 1.29 is 13.0 Å². The van der Waals surface area contributed by atoms with E-state index in [9.17, 15) is 13.0 Å². The topological polar surface area (TPSA) is 54.4 Å².